The largest absolute Gasteiger partial charge is 0.416 e. The maximum absolute atomic E-state index is 12.8. The first-order chi connectivity index (χ1) is 16.7. The minimum absolute atomic E-state index is 0.328. The molecule has 4 rings (SSSR count). The molecule has 35 heavy (non-hydrogen) atoms. The zero-order valence-electron chi connectivity index (χ0n) is 19.8. The van der Waals surface area contributed by atoms with Crippen molar-refractivity contribution >= 4 is 17.5 Å². The SMILES string of the molecule is CCc1nc(C)nc(N2CCN(C(=O)Nc3ccc(C(F)(F)F)cc3)CC2)c1Cc1ccccc1. The molecule has 0 radical (unpaired) electrons. The average molecular weight is 484 g/mol. The summed E-state index contributed by atoms with van der Waals surface area (Å²) >= 11 is 0. The Morgan fingerprint density at radius 3 is 2.23 bits per heavy atom. The van der Waals surface area contributed by atoms with Crippen molar-refractivity contribution in [1.29, 1.82) is 0 Å². The van der Waals surface area contributed by atoms with E-state index in [1.807, 2.05) is 25.1 Å². The van der Waals surface area contributed by atoms with Gasteiger partial charge in [-0.25, -0.2) is 14.8 Å². The standard InChI is InChI=1S/C26H28F3N5O/c1-3-23-22(17-19-7-5-4-6-8-19)24(31-18(2)30-23)33-13-15-34(16-14-33)25(35)32-21-11-9-20(10-12-21)26(27,28)29/h4-12H,3,13-17H2,1-2H3,(H,32,35). The Bertz CT molecular complexity index is 1160. The summed E-state index contributed by atoms with van der Waals surface area (Å²) in [5.74, 6) is 1.62. The Kier molecular flexibility index (Phi) is 7.23. The van der Waals surface area contributed by atoms with E-state index in [4.69, 9.17) is 4.98 Å². The molecule has 1 fully saturated rings. The summed E-state index contributed by atoms with van der Waals surface area (Å²) < 4.78 is 38.3. The van der Waals surface area contributed by atoms with Gasteiger partial charge in [0.1, 0.15) is 11.6 Å². The summed E-state index contributed by atoms with van der Waals surface area (Å²) in [4.78, 5) is 26.0. The van der Waals surface area contributed by atoms with Gasteiger partial charge in [0, 0.05) is 49.5 Å². The Labute approximate surface area is 202 Å². The highest BCUT2D eigenvalue weighted by Gasteiger charge is 2.30. The monoisotopic (exact) mass is 483 g/mol. The van der Waals surface area contributed by atoms with Crippen LogP contribution in [0.15, 0.2) is 54.6 Å². The van der Waals surface area contributed by atoms with Gasteiger partial charge in [0.2, 0.25) is 0 Å². The van der Waals surface area contributed by atoms with Crippen molar-refractivity contribution in [2.24, 2.45) is 0 Å². The van der Waals surface area contributed by atoms with Crippen LogP contribution in [0.25, 0.3) is 0 Å². The topological polar surface area (TPSA) is 61.4 Å². The van der Waals surface area contributed by atoms with Crippen LogP contribution < -0.4 is 10.2 Å². The molecule has 0 aliphatic carbocycles. The molecule has 1 aliphatic heterocycles. The number of nitrogens with zero attached hydrogens (tertiary/aromatic N) is 4. The van der Waals surface area contributed by atoms with Gasteiger partial charge in [0.25, 0.3) is 0 Å². The summed E-state index contributed by atoms with van der Waals surface area (Å²) in [5.41, 5.74) is 2.90. The molecule has 0 saturated carbocycles. The quantitative estimate of drug-likeness (QED) is 0.534. The van der Waals surface area contributed by atoms with Gasteiger partial charge in [-0.15, -0.1) is 0 Å². The fraction of sp³-hybridized carbons (Fsp3) is 0.346. The van der Waals surface area contributed by atoms with Gasteiger partial charge in [0.15, 0.2) is 0 Å². The maximum Gasteiger partial charge on any atom is 0.416 e. The molecule has 0 bridgehead atoms. The Morgan fingerprint density at radius 2 is 1.63 bits per heavy atom. The Morgan fingerprint density at radius 1 is 0.971 bits per heavy atom. The third-order valence-electron chi connectivity index (χ3n) is 6.07. The molecule has 2 heterocycles. The number of carbonyl (C=O) groups is 1. The number of benzene rings is 2. The summed E-state index contributed by atoms with van der Waals surface area (Å²) in [6.07, 6.45) is -2.88. The van der Waals surface area contributed by atoms with Crippen molar-refractivity contribution in [3.8, 4) is 0 Å². The van der Waals surface area contributed by atoms with Crippen LogP contribution in [0.4, 0.5) is 29.5 Å². The van der Waals surface area contributed by atoms with E-state index in [9.17, 15) is 18.0 Å². The van der Waals surface area contributed by atoms with Crippen molar-refractivity contribution < 1.29 is 18.0 Å². The van der Waals surface area contributed by atoms with Gasteiger partial charge >= 0.3 is 12.2 Å². The molecule has 184 valence electrons. The van der Waals surface area contributed by atoms with Crippen molar-refractivity contribution in [3.63, 3.8) is 0 Å². The number of piperazine rings is 1. The molecule has 1 N–H and O–H groups in total. The van der Waals surface area contributed by atoms with Gasteiger partial charge < -0.3 is 15.1 Å². The van der Waals surface area contributed by atoms with E-state index in [1.54, 1.807) is 4.90 Å². The number of nitrogens with one attached hydrogen (secondary N) is 1. The molecule has 0 spiro atoms. The van der Waals surface area contributed by atoms with Crippen LogP contribution in [-0.2, 0) is 19.0 Å². The van der Waals surface area contributed by atoms with Gasteiger partial charge in [-0.3, -0.25) is 0 Å². The van der Waals surface area contributed by atoms with Crippen molar-refractivity contribution in [2.45, 2.75) is 32.9 Å². The lowest BCUT2D eigenvalue weighted by molar-refractivity contribution is -0.137. The first-order valence-electron chi connectivity index (χ1n) is 11.6. The fourth-order valence-electron chi connectivity index (χ4n) is 4.24. The molecule has 0 unspecified atom stereocenters. The molecule has 1 aromatic heterocycles. The summed E-state index contributed by atoms with van der Waals surface area (Å²) in [6, 6.07) is 14.3. The Hall–Kier alpha value is -3.62. The van der Waals surface area contributed by atoms with Crippen LogP contribution >= 0.6 is 0 Å². The van der Waals surface area contributed by atoms with Crippen molar-refractivity contribution in [1.82, 2.24) is 14.9 Å². The van der Waals surface area contributed by atoms with E-state index < -0.39 is 11.7 Å². The van der Waals surface area contributed by atoms with E-state index in [0.29, 0.717) is 31.9 Å². The molecule has 2 aromatic carbocycles. The maximum atomic E-state index is 12.8. The number of urea groups is 1. The lowest BCUT2D eigenvalue weighted by Gasteiger charge is -2.36. The number of amides is 2. The molecule has 1 saturated heterocycles. The third-order valence-corrected chi connectivity index (χ3v) is 6.07. The highest BCUT2D eigenvalue weighted by molar-refractivity contribution is 5.89. The molecule has 2 amide bonds. The first kappa shape index (κ1) is 24.5. The van der Waals surface area contributed by atoms with Crippen LogP contribution in [0.2, 0.25) is 0 Å². The fourth-order valence-corrected chi connectivity index (χ4v) is 4.24. The number of halogens is 3. The zero-order chi connectivity index (χ0) is 25.0. The minimum atomic E-state index is -4.41. The first-order valence-corrected chi connectivity index (χ1v) is 11.6. The second-order valence-corrected chi connectivity index (χ2v) is 8.51. The molecule has 6 nitrogen and oxygen atoms in total. The predicted octanol–water partition coefficient (Wildman–Crippen LogP) is 5.31. The van der Waals surface area contributed by atoms with Gasteiger partial charge in [-0.2, -0.15) is 13.2 Å². The molecular weight excluding hydrogens is 455 g/mol. The molecule has 9 heteroatoms. The number of alkyl halides is 3. The zero-order valence-corrected chi connectivity index (χ0v) is 19.8. The van der Waals surface area contributed by atoms with Crippen LogP contribution in [0.5, 0.6) is 0 Å². The Balaban J connectivity index is 1.44. The van der Waals surface area contributed by atoms with E-state index >= 15 is 0 Å². The highest BCUT2D eigenvalue weighted by Crippen LogP contribution is 2.30. The van der Waals surface area contributed by atoms with Gasteiger partial charge in [-0.05, 0) is 43.2 Å². The van der Waals surface area contributed by atoms with E-state index in [1.165, 1.54) is 17.7 Å². The van der Waals surface area contributed by atoms with Crippen molar-refractivity contribution in [3.05, 3.63) is 82.8 Å². The number of aryl methyl sites for hydroxylation is 2. The number of hydrogen-bond acceptors (Lipinski definition) is 4. The van der Waals surface area contributed by atoms with Crippen LogP contribution in [-0.4, -0.2) is 47.1 Å². The van der Waals surface area contributed by atoms with Gasteiger partial charge in [0.05, 0.1) is 5.56 Å². The number of anilines is 2. The summed E-state index contributed by atoms with van der Waals surface area (Å²) in [6.45, 7) is 6.12. The molecule has 0 atom stereocenters. The third kappa shape index (κ3) is 5.90. The summed E-state index contributed by atoms with van der Waals surface area (Å²) in [5, 5.41) is 2.69. The highest BCUT2D eigenvalue weighted by atomic mass is 19.4. The lowest BCUT2D eigenvalue weighted by atomic mass is 10.0. The molecular formula is C26H28F3N5O. The van der Waals surface area contributed by atoms with Crippen LogP contribution in [0, 0.1) is 6.92 Å². The summed E-state index contributed by atoms with van der Waals surface area (Å²) in [7, 11) is 0. The van der Waals surface area contributed by atoms with E-state index in [0.717, 1.165) is 47.9 Å². The second-order valence-electron chi connectivity index (χ2n) is 8.51. The van der Waals surface area contributed by atoms with Crippen LogP contribution in [0.1, 0.15) is 35.1 Å². The predicted molar refractivity (Wildman–Crippen MR) is 130 cm³/mol. The molecule has 1 aliphatic rings. The van der Waals surface area contributed by atoms with Gasteiger partial charge in [-0.1, -0.05) is 37.3 Å². The van der Waals surface area contributed by atoms with E-state index in [-0.39, 0.29) is 6.03 Å². The van der Waals surface area contributed by atoms with Crippen LogP contribution in [0.3, 0.4) is 0 Å². The number of hydrogen-bond donors (Lipinski definition) is 1. The lowest BCUT2D eigenvalue weighted by Crippen LogP contribution is -2.50. The average Bonchev–Trinajstić information content (AvgIpc) is 2.85. The second kappa shape index (κ2) is 10.3. The molecule has 3 aromatic rings. The number of aromatic nitrogens is 2. The minimum Gasteiger partial charge on any atom is -0.353 e. The smallest absolute Gasteiger partial charge is 0.353 e. The normalized spacial score (nSPS) is 14.2. The van der Waals surface area contributed by atoms with E-state index in [2.05, 4.69) is 34.3 Å². The van der Waals surface area contributed by atoms with Crippen molar-refractivity contribution in [2.75, 3.05) is 36.4 Å². The number of rotatable bonds is 5. The number of carbonyl (C=O) groups excluding carboxylic acids is 1.